The molecule has 2 aromatic carbocycles. The van der Waals surface area contributed by atoms with Crippen LogP contribution in [0.15, 0.2) is 73.3 Å². The minimum atomic E-state index is -0.449. The highest BCUT2D eigenvalue weighted by atomic mass is 16.2. The summed E-state index contributed by atoms with van der Waals surface area (Å²) in [5.41, 5.74) is 5.07. The zero-order valence-corrected chi connectivity index (χ0v) is 20.5. The van der Waals surface area contributed by atoms with Crippen molar-refractivity contribution >= 4 is 39.9 Å². The molecular formula is C28H24N8O2. The van der Waals surface area contributed by atoms with E-state index in [1.807, 2.05) is 42.5 Å². The van der Waals surface area contributed by atoms with E-state index in [4.69, 9.17) is 4.98 Å². The smallest absolute Gasteiger partial charge is 0.276 e. The van der Waals surface area contributed by atoms with E-state index in [0.29, 0.717) is 45.4 Å². The molecule has 6 rings (SSSR count). The van der Waals surface area contributed by atoms with Gasteiger partial charge >= 0.3 is 0 Å². The number of carbonyl (C=O) groups excluding carboxylic acids is 2. The van der Waals surface area contributed by atoms with Crippen molar-refractivity contribution in [3.63, 3.8) is 0 Å². The molecule has 38 heavy (non-hydrogen) atoms. The minimum absolute atomic E-state index is 0.216. The lowest BCUT2D eigenvalue weighted by Gasteiger charge is -2.14. The van der Waals surface area contributed by atoms with Crippen molar-refractivity contribution in [1.82, 2.24) is 30.2 Å². The number of fused-ring (bicyclic) bond motifs is 1. The number of nitrogens with zero attached hydrogens (tertiary/aromatic N) is 4. The van der Waals surface area contributed by atoms with Crippen molar-refractivity contribution in [2.75, 3.05) is 17.7 Å². The first-order valence-electron chi connectivity index (χ1n) is 12.2. The summed E-state index contributed by atoms with van der Waals surface area (Å²) >= 11 is 0. The lowest BCUT2D eigenvalue weighted by atomic mass is 10.1. The molecule has 0 atom stereocenters. The van der Waals surface area contributed by atoms with Gasteiger partial charge in [-0.3, -0.25) is 9.59 Å². The van der Waals surface area contributed by atoms with E-state index in [0.717, 1.165) is 24.1 Å². The SMILES string of the molecule is CNC(=O)c1cc2[nH]c(-c3ccccc3)nc2cc1NC(=O)c1nc(C2CC2)ccc1Nc1cncnc1. The molecule has 0 bridgehead atoms. The van der Waals surface area contributed by atoms with Crippen LogP contribution in [0.5, 0.6) is 0 Å². The van der Waals surface area contributed by atoms with E-state index in [1.54, 1.807) is 31.6 Å². The number of nitrogens with one attached hydrogen (secondary N) is 4. The second-order valence-electron chi connectivity index (χ2n) is 9.06. The largest absolute Gasteiger partial charge is 0.355 e. The van der Waals surface area contributed by atoms with Crippen LogP contribution in [0.25, 0.3) is 22.4 Å². The molecule has 1 aliphatic rings. The van der Waals surface area contributed by atoms with Gasteiger partial charge in [-0.1, -0.05) is 30.3 Å². The van der Waals surface area contributed by atoms with Crippen LogP contribution in [-0.2, 0) is 0 Å². The number of hydrogen-bond donors (Lipinski definition) is 4. The molecule has 3 heterocycles. The normalized spacial score (nSPS) is 12.8. The average molecular weight is 505 g/mol. The van der Waals surface area contributed by atoms with Gasteiger partial charge in [0.1, 0.15) is 12.2 Å². The molecule has 2 amide bonds. The van der Waals surface area contributed by atoms with Gasteiger partial charge in [0.25, 0.3) is 11.8 Å². The maximum atomic E-state index is 13.6. The van der Waals surface area contributed by atoms with Gasteiger partial charge in [0.15, 0.2) is 5.69 Å². The number of anilines is 3. The number of hydrogen-bond acceptors (Lipinski definition) is 7. The number of aromatic amines is 1. The second-order valence-corrected chi connectivity index (χ2v) is 9.06. The molecule has 10 nitrogen and oxygen atoms in total. The Morgan fingerprint density at radius 3 is 2.45 bits per heavy atom. The maximum absolute atomic E-state index is 13.6. The summed E-state index contributed by atoms with van der Waals surface area (Å²) in [7, 11) is 1.55. The third-order valence-electron chi connectivity index (χ3n) is 6.36. The molecule has 0 unspecified atom stereocenters. The fraction of sp³-hybridized carbons (Fsp3) is 0.143. The molecule has 5 aromatic rings. The van der Waals surface area contributed by atoms with E-state index >= 15 is 0 Å². The quantitative estimate of drug-likeness (QED) is 0.253. The Balaban J connectivity index is 1.38. The highest BCUT2D eigenvalue weighted by molar-refractivity contribution is 6.12. The van der Waals surface area contributed by atoms with Crippen LogP contribution >= 0.6 is 0 Å². The van der Waals surface area contributed by atoms with Crippen LogP contribution in [0.2, 0.25) is 0 Å². The molecular weight excluding hydrogens is 480 g/mol. The van der Waals surface area contributed by atoms with Gasteiger partial charge < -0.3 is 20.9 Å². The van der Waals surface area contributed by atoms with Crippen LogP contribution in [0, 0.1) is 0 Å². The Morgan fingerprint density at radius 1 is 0.921 bits per heavy atom. The fourth-order valence-corrected chi connectivity index (χ4v) is 4.27. The Kier molecular flexibility index (Phi) is 5.97. The lowest BCUT2D eigenvalue weighted by molar-refractivity contribution is 0.0964. The van der Waals surface area contributed by atoms with Crippen LogP contribution in [0.3, 0.4) is 0 Å². The van der Waals surface area contributed by atoms with E-state index in [2.05, 4.69) is 35.9 Å². The Labute approximate surface area is 218 Å². The van der Waals surface area contributed by atoms with Crippen LogP contribution in [0.1, 0.15) is 45.3 Å². The second kappa shape index (κ2) is 9.74. The Hall–Kier alpha value is -5.12. The molecule has 0 saturated heterocycles. The summed E-state index contributed by atoms with van der Waals surface area (Å²) in [5, 5.41) is 8.74. The molecule has 0 radical (unpaired) electrons. The molecule has 0 aliphatic heterocycles. The van der Waals surface area contributed by atoms with Gasteiger partial charge in [-0.15, -0.1) is 0 Å². The van der Waals surface area contributed by atoms with Crippen molar-refractivity contribution in [3.05, 3.63) is 90.3 Å². The van der Waals surface area contributed by atoms with Crippen molar-refractivity contribution in [2.45, 2.75) is 18.8 Å². The lowest BCUT2D eigenvalue weighted by Crippen LogP contribution is -2.22. The number of rotatable bonds is 7. The number of amides is 2. The maximum Gasteiger partial charge on any atom is 0.276 e. The first-order valence-corrected chi connectivity index (χ1v) is 12.2. The Bertz CT molecular complexity index is 1650. The van der Waals surface area contributed by atoms with E-state index < -0.39 is 5.91 Å². The summed E-state index contributed by atoms with van der Waals surface area (Å²) in [4.78, 5) is 47.1. The van der Waals surface area contributed by atoms with Crippen LogP contribution < -0.4 is 16.0 Å². The number of benzene rings is 2. The third kappa shape index (κ3) is 4.66. The third-order valence-corrected chi connectivity index (χ3v) is 6.36. The molecule has 3 aromatic heterocycles. The highest BCUT2D eigenvalue weighted by Crippen LogP contribution is 2.40. The van der Waals surface area contributed by atoms with Crippen LogP contribution in [0.4, 0.5) is 17.1 Å². The monoisotopic (exact) mass is 504 g/mol. The minimum Gasteiger partial charge on any atom is -0.355 e. The number of H-pyrrole nitrogens is 1. The highest BCUT2D eigenvalue weighted by Gasteiger charge is 2.27. The number of imidazole rings is 1. The van der Waals surface area contributed by atoms with Crippen LogP contribution in [-0.4, -0.2) is 43.8 Å². The van der Waals surface area contributed by atoms with E-state index in [-0.39, 0.29) is 11.6 Å². The van der Waals surface area contributed by atoms with Gasteiger partial charge in [-0.05, 0) is 37.1 Å². The summed E-state index contributed by atoms with van der Waals surface area (Å²) in [5.74, 6) is 0.240. The number of carbonyl (C=O) groups is 2. The predicted octanol–water partition coefficient (Wildman–Crippen LogP) is 4.65. The van der Waals surface area contributed by atoms with Gasteiger partial charge in [-0.25, -0.2) is 19.9 Å². The standard InChI is InChI=1S/C28H24N8O2/c1-29-27(37)19-11-23-24(35-26(34-23)17-5-3-2-4-6-17)12-22(19)36-28(38)25-21(32-18-13-30-15-31-14-18)10-9-20(33-25)16-7-8-16/h2-6,9-16,32H,7-8H2,1H3,(H,29,37)(H,34,35)(H,36,38). The molecule has 10 heteroatoms. The molecule has 0 spiro atoms. The van der Waals surface area contributed by atoms with E-state index in [9.17, 15) is 9.59 Å². The van der Waals surface area contributed by atoms with Crippen molar-refractivity contribution in [2.24, 2.45) is 0 Å². The summed E-state index contributed by atoms with van der Waals surface area (Å²) in [6.45, 7) is 0. The molecule has 1 aliphatic carbocycles. The van der Waals surface area contributed by atoms with Crippen molar-refractivity contribution in [1.29, 1.82) is 0 Å². The molecule has 1 saturated carbocycles. The van der Waals surface area contributed by atoms with Gasteiger partial charge in [0.05, 0.1) is 46.1 Å². The van der Waals surface area contributed by atoms with Gasteiger partial charge in [-0.2, -0.15) is 0 Å². The summed E-state index contributed by atoms with van der Waals surface area (Å²) < 4.78 is 0. The Morgan fingerprint density at radius 2 is 1.71 bits per heavy atom. The van der Waals surface area contributed by atoms with Gasteiger partial charge in [0, 0.05) is 24.2 Å². The van der Waals surface area contributed by atoms with Crippen molar-refractivity contribution < 1.29 is 9.59 Å². The molecule has 188 valence electrons. The predicted molar refractivity (Wildman–Crippen MR) is 144 cm³/mol. The number of pyridine rings is 1. The first kappa shape index (κ1) is 23.3. The molecule has 4 N–H and O–H groups in total. The topological polar surface area (TPSA) is 138 Å². The summed E-state index contributed by atoms with van der Waals surface area (Å²) in [6.07, 6.45) is 6.76. The molecule has 1 fully saturated rings. The zero-order valence-electron chi connectivity index (χ0n) is 20.5. The van der Waals surface area contributed by atoms with E-state index in [1.165, 1.54) is 6.33 Å². The average Bonchev–Trinajstić information content (AvgIpc) is 3.72. The number of aromatic nitrogens is 5. The van der Waals surface area contributed by atoms with Gasteiger partial charge in [0.2, 0.25) is 0 Å². The zero-order chi connectivity index (χ0) is 26.1. The fourth-order valence-electron chi connectivity index (χ4n) is 4.27. The first-order chi connectivity index (χ1) is 18.6. The van der Waals surface area contributed by atoms with Crippen molar-refractivity contribution in [3.8, 4) is 11.4 Å². The summed E-state index contributed by atoms with van der Waals surface area (Å²) in [6, 6.07) is 16.9.